The minimum Gasteiger partial charge on any atom is -0.444 e. The zero-order valence-electron chi connectivity index (χ0n) is 12.0. The summed E-state index contributed by atoms with van der Waals surface area (Å²) in [7, 11) is 1.37. The number of amides is 1. The summed E-state index contributed by atoms with van der Waals surface area (Å²) in [5.41, 5.74) is -0.576. The minimum absolute atomic E-state index is 0.0894. The van der Waals surface area contributed by atoms with Gasteiger partial charge in [0.05, 0.1) is 13.2 Å². The fourth-order valence-corrected chi connectivity index (χ4v) is 1.24. The maximum Gasteiger partial charge on any atom is 0.407 e. The number of carbonyl (C=O) groups is 2. The van der Waals surface area contributed by atoms with Crippen molar-refractivity contribution in [2.24, 2.45) is 0 Å². The van der Waals surface area contributed by atoms with E-state index in [4.69, 9.17) is 9.62 Å². The highest BCUT2D eigenvalue weighted by Gasteiger charge is 2.20. The lowest BCUT2D eigenvalue weighted by Gasteiger charge is -2.23. The summed E-state index contributed by atoms with van der Waals surface area (Å²) in [5.74, 6) is -0.0894. The Morgan fingerprint density at radius 3 is 2.47 bits per heavy atom. The van der Waals surface area contributed by atoms with Crippen molar-refractivity contribution in [3.63, 3.8) is 0 Å². The van der Waals surface area contributed by atoms with Crippen molar-refractivity contribution in [1.29, 1.82) is 0 Å². The second-order valence-electron chi connectivity index (χ2n) is 5.00. The maximum atomic E-state index is 11.6. The SMILES string of the molecule is C=CC(=O)CC[C@@H](COOC)NC(=O)OC(C)(C)C. The van der Waals surface area contributed by atoms with Gasteiger partial charge in [-0.25, -0.2) is 14.6 Å². The Hall–Kier alpha value is -1.40. The normalized spacial score (nSPS) is 12.6. The van der Waals surface area contributed by atoms with E-state index in [1.165, 1.54) is 13.2 Å². The smallest absolute Gasteiger partial charge is 0.407 e. The molecule has 0 fully saturated rings. The summed E-state index contributed by atoms with van der Waals surface area (Å²) in [4.78, 5) is 32.1. The van der Waals surface area contributed by atoms with Crippen LogP contribution in [0.15, 0.2) is 12.7 Å². The molecule has 0 spiro atoms. The molecule has 0 aromatic rings. The van der Waals surface area contributed by atoms with Crippen LogP contribution in [-0.4, -0.2) is 37.2 Å². The predicted octanol–water partition coefficient (Wildman–Crippen LogP) is 1.99. The highest BCUT2D eigenvalue weighted by atomic mass is 17.2. The third-order valence-electron chi connectivity index (χ3n) is 2.07. The Balaban J connectivity index is 4.29. The zero-order valence-corrected chi connectivity index (χ0v) is 12.0. The molecule has 1 amide bonds. The second kappa shape index (κ2) is 8.66. The molecule has 1 N–H and O–H groups in total. The van der Waals surface area contributed by atoms with Gasteiger partial charge in [-0.1, -0.05) is 6.58 Å². The number of alkyl carbamates (subject to hydrolysis) is 1. The number of hydrogen-bond donors (Lipinski definition) is 1. The Morgan fingerprint density at radius 2 is 2.00 bits per heavy atom. The van der Waals surface area contributed by atoms with Gasteiger partial charge in [0.15, 0.2) is 5.78 Å². The van der Waals surface area contributed by atoms with E-state index in [9.17, 15) is 9.59 Å². The Morgan fingerprint density at radius 1 is 1.37 bits per heavy atom. The minimum atomic E-state index is -0.576. The van der Waals surface area contributed by atoms with Gasteiger partial charge in [0.1, 0.15) is 12.2 Å². The molecule has 0 unspecified atom stereocenters. The van der Waals surface area contributed by atoms with E-state index >= 15 is 0 Å². The molecule has 6 heteroatoms. The number of ether oxygens (including phenoxy) is 1. The Labute approximate surface area is 114 Å². The number of carbonyl (C=O) groups excluding carboxylic acids is 2. The molecular formula is C13H23NO5. The number of ketones is 1. The maximum absolute atomic E-state index is 11.6. The van der Waals surface area contributed by atoms with Crippen molar-refractivity contribution >= 4 is 11.9 Å². The van der Waals surface area contributed by atoms with Gasteiger partial charge in [0, 0.05) is 6.42 Å². The quantitative estimate of drug-likeness (QED) is 0.416. The molecule has 0 aromatic heterocycles. The van der Waals surface area contributed by atoms with Gasteiger partial charge >= 0.3 is 6.09 Å². The molecule has 0 aliphatic heterocycles. The van der Waals surface area contributed by atoms with Crippen LogP contribution in [-0.2, 0) is 19.3 Å². The van der Waals surface area contributed by atoms with Crippen molar-refractivity contribution < 1.29 is 24.1 Å². The number of rotatable bonds is 8. The molecule has 0 aliphatic carbocycles. The molecule has 0 rings (SSSR count). The van der Waals surface area contributed by atoms with Crippen molar-refractivity contribution in [3.05, 3.63) is 12.7 Å². The lowest BCUT2D eigenvalue weighted by molar-refractivity contribution is -0.275. The molecule has 0 saturated heterocycles. The van der Waals surface area contributed by atoms with Gasteiger partial charge in [-0.2, -0.15) is 0 Å². The fraction of sp³-hybridized carbons (Fsp3) is 0.692. The van der Waals surface area contributed by atoms with Crippen molar-refractivity contribution in [2.45, 2.75) is 45.3 Å². The van der Waals surface area contributed by atoms with Gasteiger partial charge in [-0.15, -0.1) is 0 Å². The van der Waals surface area contributed by atoms with E-state index in [1.807, 2.05) is 0 Å². The van der Waals surface area contributed by atoms with E-state index in [0.29, 0.717) is 6.42 Å². The van der Waals surface area contributed by atoms with Gasteiger partial charge in [0.25, 0.3) is 0 Å². The van der Waals surface area contributed by atoms with Crippen molar-refractivity contribution in [1.82, 2.24) is 5.32 Å². The van der Waals surface area contributed by atoms with Crippen LogP contribution in [0.2, 0.25) is 0 Å². The molecule has 6 nitrogen and oxygen atoms in total. The van der Waals surface area contributed by atoms with Gasteiger partial charge < -0.3 is 10.1 Å². The zero-order chi connectivity index (χ0) is 14.9. The predicted molar refractivity (Wildman–Crippen MR) is 70.6 cm³/mol. The molecule has 0 heterocycles. The largest absolute Gasteiger partial charge is 0.444 e. The number of hydrogen-bond acceptors (Lipinski definition) is 5. The van der Waals surface area contributed by atoms with Gasteiger partial charge in [0.2, 0.25) is 0 Å². The molecule has 0 bridgehead atoms. The summed E-state index contributed by atoms with van der Waals surface area (Å²) in [6.07, 6.45) is 1.40. The average Bonchev–Trinajstić information content (AvgIpc) is 2.29. The molecule has 1 atom stereocenters. The van der Waals surface area contributed by atoms with Gasteiger partial charge in [-0.3, -0.25) is 4.79 Å². The third-order valence-corrected chi connectivity index (χ3v) is 2.07. The van der Waals surface area contributed by atoms with Gasteiger partial charge in [-0.05, 0) is 33.3 Å². The number of nitrogens with one attached hydrogen (secondary N) is 1. The molecule has 0 aliphatic rings. The third kappa shape index (κ3) is 10.2. The molecular weight excluding hydrogens is 250 g/mol. The molecule has 0 aromatic carbocycles. The van der Waals surface area contributed by atoms with Crippen LogP contribution >= 0.6 is 0 Å². The highest BCUT2D eigenvalue weighted by Crippen LogP contribution is 2.08. The van der Waals surface area contributed by atoms with E-state index in [1.54, 1.807) is 20.8 Å². The van der Waals surface area contributed by atoms with Crippen LogP contribution in [0.25, 0.3) is 0 Å². The first-order chi connectivity index (χ1) is 8.78. The highest BCUT2D eigenvalue weighted by molar-refractivity contribution is 5.89. The summed E-state index contributed by atoms with van der Waals surface area (Å²) >= 11 is 0. The summed E-state index contributed by atoms with van der Waals surface area (Å²) in [6, 6.07) is -0.362. The van der Waals surface area contributed by atoms with E-state index < -0.39 is 11.7 Å². The Bertz CT molecular complexity index is 309. The molecule has 0 saturated carbocycles. The van der Waals surface area contributed by atoms with Crippen LogP contribution in [0, 0.1) is 0 Å². The van der Waals surface area contributed by atoms with Crippen LogP contribution in [0.3, 0.4) is 0 Å². The molecule has 19 heavy (non-hydrogen) atoms. The van der Waals surface area contributed by atoms with Crippen molar-refractivity contribution in [3.8, 4) is 0 Å². The topological polar surface area (TPSA) is 73.9 Å². The van der Waals surface area contributed by atoms with Crippen LogP contribution in [0.4, 0.5) is 4.79 Å². The van der Waals surface area contributed by atoms with E-state index in [-0.39, 0.29) is 24.9 Å². The van der Waals surface area contributed by atoms with E-state index in [0.717, 1.165) is 0 Å². The number of allylic oxidation sites excluding steroid dienone is 1. The summed E-state index contributed by atoms with van der Waals surface area (Å²) in [6.45, 7) is 8.85. The van der Waals surface area contributed by atoms with Crippen LogP contribution in [0.5, 0.6) is 0 Å². The Kier molecular flexibility index (Phi) is 8.02. The first-order valence-electron chi connectivity index (χ1n) is 6.09. The first-order valence-corrected chi connectivity index (χ1v) is 6.09. The van der Waals surface area contributed by atoms with Crippen LogP contribution < -0.4 is 5.32 Å². The lowest BCUT2D eigenvalue weighted by Crippen LogP contribution is -2.41. The fourth-order valence-electron chi connectivity index (χ4n) is 1.24. The second-order valence-corrected chi connectivity index (χ2v) is 5.00. The molecule has 110 valence electrons. The van der Waals surface area contributed by atoms with E-state index in [2.05, 4.69) is 16.8 Å². The summed E-state index contributed by atoms with van der Waals surface area (Å²) in [5, 5.41) is 2.64. The monoisotopic (exact) mass is 273 g/mol. The van der Waals surface area contributed by atoms with Crippen molar-refractivity contribution in [2.75, 3.05) is 13.7 Å². The first kappa shape index (κ1) is 17.6. The average molecular weight is 273 g/mol. The lowest BCUT2D eigenvalue weighted by atomic mass is 10.1. The summed E-state index contributed by atoms with van der Waals surface area (Å²) < 4.78 is 5.13. The standard InChI is InChI=1S/C13H23NO5/c1-6-11(15)8-7-10(9-18-17-5)14-12(16)19-13(2,3)4/h6,10H,1,7-9H2,2-5H3,(H,14,16)/t10-/m0/s1. The molecule has 0 radical (unpaired) electrons. The van der Waals surface area contributed by atoms with Crippen LogP contribution in [0.1, 0.15) is 33.6 Å².